The van der Waals surface area contributed by atoms with Gasteiger partial charge in [-0.05, 0) is 0 Å². The first-order valence-corrected chi connectivity index (χ1v) is 4.41. The van der Waals surface area contributed by atoms with E-state index < -0.39 is 0 Å². The summed E-state index contributed by atoms with van der Waals surface area (Å²) in [5.74, 6) is 0.800. The Kier molecular flexibility index (Phi) is 3.43. The molecule has 1 aromatic rings. The molecule has 0 radical (unpaired) electrons. The van der Waals surface area contributed by atoms with Crippen LogP contribution < -0.4 is 10.1 Å². The molecule has 0 aliphatic rings. The molecular formula is C9H14N4O2. The first kappa shape index (κ1) is 11.2. The topological polar surface area (TPSA) is 67.4 Å². The molecule has 0 saturated heterocycles. The number of aromatic nitrogens is 2. The van der Waals surface area contributed by atoms with E-state index in [2.05, 4.69) is 15.5 Å². The molecule has 0 aliphatic carbocycles. The van der Waals surface area contributed by atoms with E-state index in [0.717, 1.165) is 0 Å². The Morgan fingerprint density at radius 3 is 2.60 bits per heavy atom. The fourth-order valence-corrected chi connectivity index (χ4v) is 1.04. The van der Waals surface area contributed by atoms with E-state index in [-0.39, 0.29) is 11.6 Å². The second-order valence-corrected chi connectivity index (χ2v) is 3.10. The monoisotopic (exact) mass is 210 g/mol. The molecule has 1 aromatic heterocycles. The van der Waals surface area contributed by atoms with E-state index in [4.69, 9.17) is 4.74 Å². The van der Waals surface area contributed by atoms with Crippen molar-refractivity contribution in [1.29, 1.82) is 0 Å². The molecule has 1 N–H and O–H groups in total. The van der Waals surface area contributed by atoms with Crippen molar-refractivity contribution in [1.82, 2.24) is 15.1 Å². The normalized spacial score (nSPS) is 9.60. The maximum atomic E-state index is 11.6. The predicted molar refractivity (Wildman–Crippen MR) is 56.1 cm³/mol. The fourth-order valence-electron chi connectivity index (χ4n) is 1.04. The SMILES string of the molecule is CNc1nnc(C(=O)N(C)C)cc1OC. The highest BCUT2D eigenvalue weighted by Gasteiger charge is 2.13. The Hall–Kier alpha value is -1.85. The molecule has 0 saturated carbocycles. The third-order valence-corrected chi connectivity index (χ3v) is 1.84. The summed E-state index contributed by atoms with van der Waals surface area (Å²) in [4.78, 5) is 13.0. The van der Waals surface area contributed by atoms with Crippen LogP contribution in [0.15, 0.2) is 6.07 Å². The summed E-state index contributed by atoms with van der Waals surface area (Å²) in [6, 6.07) is 1.56. The van der Waals surface area contributed by atoms with Gasteiger partial charge < -0.3 is 15.0 Å². The van der Waals surface area contributed by atoms with Crippen molar-refractivity contribution in [3.05, 3.63) is 11.8 Å². The number of anilines is 1. The zero-order valence-corrected chi connectivity index (χ0v) is 9.24. The average molecular weight is 210 g/mol. The number of methoxy groups -OCH3 is 1. The summed E-state index contributed by atoms with van der Waals surface area (Å²) in [6.07, 6.45) is 0. The van der Waals surface area contributed by atoms with Crippen LogP contribution in [0.2, 0.25) is 0 Å². The lowest BCUT2D eigenvalue weighted by molar-refractivity contribution is 0.0820. The lowest BCUT2D eigenvalue weighted by Crippen LogP contribution is -2.23. The van der Waals surface area contributed by atoms with E-state index in [0.29, 0.717) is 11.6 Å². The lowest BCUT2D eigenvalue weighted by atomic mass is 10.3. The minimum atomic E-state index is -0.205. The van der Waals surface area contributed by atoms with Gasteiger partial charge in [0.05, 0.1) is 7.11 Å². The Morgan fingerprint density at radius 1 is 1.47 bits per heavy atom. The van der Waals surface area contributed by atoms with E-state index in [1.54, 1.807) is 27.2 Å². The van der Waals surface area contributed by atoms with Crippen LogP contribution in [-0.2, 0) is 0 Å². The van der Waals surface area contributed by atoms with E-state index in [9.17, 15) is 4.79 Å². The first-order valence-electron chi connectivity index (χ1n) is 4.41. The van der Waals surface area contributed by atoms with Crippen molar-refractivity contribution < 1.29 is 9.53 Å². The molecule has 1 amide bonds. The van der Waals surface area contributed by atoms with Gasteiger partial charge in [-0.25, -0.2) is 0 Å². The first-order chi connectivity index (χ1) is 7.10. The zero-order valence-electron chi connectivity index (χ0n) is 9.24. The highest BCUT2D eigenvalue weighted by atomic mass is 16.5. The molecule has 0 aromatic carbocycles. The second kappa shape index (κ2) is 4.59. The van der Waals surface area contributed by atoms with Gasteiger partial charge in [0.1, 0.15) is 0 Å². The van der Waals surface area contributed by atoms with E-state index in [1.165, 1.54) is 12.0 Å². The summed E-state index contributed by atoms with van der Waals surface area (Å²) in [5.41, 5.74) is 0.260. The van der Waals surface area contributed by atoms with Crippen LogP contribution in [0.1, 0.15) is 10.5 Å². The number of ether oxygens (including phenoxy) is 1. The van der Waals surface area contributed by atoms with Crippen LogP contribution in [0, 0.1) is 0 Å². The van der Waals surface area contributed by atoms with Gasteiger partial charge in [-0.1, -0.05) is 0 Å². The molecule has 82 valence electrons. The van der Waals surface area contributed by atoms with Crippen molar-refractivity contribution in [2.45, 2.75) is 0 Å². The Bertz CT molecular complexity index is 365. The van der Waals surface area contributed by atoms with Gasteiger partial charge in [-0.3, -0.25) is 4.79 Å². The predicted octanol–water partition coefficient (Wildman–Crippen LogP) is 0.229. The molecule has 1 rings (SSSR count). The molecule has 1 heterocycles. The van der Waals surface area contributed by atoms with Crippen molar-refractivity contribution in [2.24, 2.45) is 0 Å². The number of hydrogen-bond acceptors (Lipinski definition) is 5. The summed E-state index contributed by atoms with van der Waals surface area (Å²) < 4.78 is 5.07. The minimum Gasteiger partial charge on any atom is -0.493 e. The molecule has 0 unspecified atom stereocenters. The van der Waals surface area contributed by atoms with E-state index in [1.807, 2.05) is 0 Å². The van der Waals surface area contributed by atoms with Crippen LogP contribution in [0.25, 0.3) is 0 Å². The molecule has 15 heavy (non-hydrogen) atoms. The number of carbonyl (C=O) groups excluding carboxylic acids is 1. The standard InChI is InChI=1S/C9H14N4O2/c1-10-8-7(15-4)5-6(11-12-8)9(14)13(2)3/h5H,1-4H3,(H,10,12). The maximum Gasteiger partial charge on any atom is 0.273 e. The van der Waals surface area contributed by atoms with Gasteiger partial charge in [0.25, 0.3) is 5.91 Å². The maximum absolute atomic E-state index is 11.6. The fraction of sp³-hybridized carbons (Fsp3) is 0.444. The number of carbonyl (C=O) groups is 1. The number of amides is 1. The molecule has 0 atom stereocenters. The van der Waals surface area contributed by atoms with Crippen molar-refractivity contribution in [3.8, 4) is 5.75 Å². The van der Waals surface area contributed by atoms with Crippen molar-refractivity contribution in [3.63, 3.8) is 0 Å². The smallest absolute Gasteiger partial charge is 0.273 e. The van der Waals surface area contributed by atoms with Gasteiger partial charge in [0.15, 0.2) is 17.3 Å². The molecule has 6 heteroatoms. The van der Waals surface area contributed by atoms with Gasteiger partial charge in [-0.15, -0.1) is 10.2 Å². The third-order valence-electron chi connectivity index (χ3n) is 1.84. The molecular weight excluding hydrogens is 196 g/mol. The number of nitrogens with one attached hydrogen (secondary N) is 1. The summed E-state index contributed by atoms with van der Waals surface area (Å²) in [6.45, 7) is 0. The molecule has 0 aliphatic heterocycles. The van der Waals surface area contributed by atoms with Crippen molar-refractivity contribution in [2.75, 3.05) is 33.6 Å². The lowest BCUT2D eigenvalue weighted by Gasteiger charge is -2.11. The quantitative estimate of drug-likeness (QED) is 0.773. The Labute approximate surface area is 88.2 Å². The van der Waals surface area contributed by atoms with Crippen LogP contribution in [0.4, 0.5) is 5.82 Å². The molecule has 0 spiro atoms. The largest absolute Gasteiger partial charge is 0.493 e. The number of nitrogens with zero attached hydrogens (tertiary/aromatic N) is 3. The van der Waals surface area contributed by atoms with Gasteiger partial charge in [0.2, 0.25) is 0 Å². The molecule has 6 nitrogen and oxygen atoms in total. The van der Waals surface area contributed by atoms with Gasteiger partial charge in [-0.2, -0.15) is 0 Å². The van der Waals surface area contributed by atoms with Crippen LogP contribution in [-0.4, -0.2) is 49.3 Å². The summed E-state index contributed by atoms with van der Waals surface area (Å²) in [7, 11) is 6.53. The molecule has 0 fully saturated rings. The summed E-state index contributed by atoms with van der Waals surface area (Å²) in [5, 5.41) is 10.5. The number of hydrogen-bond donors (Lipinski definition) is 1. The highest BCUT2D eigenvalue weighted by Crippen LogP contribution is 2.20. The third kappa shape index (κ3) is 2.34. The van der Waals surface area contributed by atoms with Gasteiger partial charge in [0, 0.05) is 27.2 Å². The second-order valence-electron chi connectivity index (χ2n) is 3.10. The zero-order chi connectivity index (χ0) is 11.4. The molecule has 0 bridgehead atoms. The van der Waals surface area contributed by atoms with Crippen LogP contribution >= 0.6 is 0 Å². The van der Waals surface area contributed by atoms with Crippen LogP contribution in [0.3, 0.4) is 0 Å². The van der Waals surface area contributed by atoms with E-state index >= 15 is 0 Å². The van der Waals surface area contributed by atoms with Gasteiger partial charge >= 0.3 is 0 Å². The minimum absolute atomic E-state index is 0.205. The Morgan fingerprint density at radius 2 is 2.13 bits per heavy atom. The van der Waals surface area contributed by atoms with Crippen LogP contribution in [0.5, 0.6) is 5.75 Å². The Balaban J connectivity index is 3.08. The highest BCUT2D eigenvalue weighted by molar-refractivity contribution is 5.92. The number of rotatable bonds is 3. The average Bonchev–Trinajstić information content (AvgIpc) is 2.26. The van der Waals surface area contributed by atoms with Crippen molar-refractivity contribution >= 4 is 11.7 Å². The summed E-state index contributed by atoms with van der Waals surface area (Å²) >= 11 is 0.